The minimum Gasteiger partial charge on any atom is -0.348 e. The molecule has 0 spiro atoms. The van der Waals surface area contributed by atoms with Crippen molar-refractivity contribution in [3.05, 3.63) is 83.7 Å². The molecule has 2 N–H and O–H groups in total. The van der Waals surface area contributed by atoms with E-state index in [1.54, 1.807) is 17.0 Å². The SMILES string of the molecule is CN(C)/C(=N/C(Nc1ccccc1)=C(\C#N)C=C(C#N)C#N)Nc1ccccc1. The maximum absolute atomic E-state index is 9.64. The molecule has 0 saturated heterocycles. The molecule has 0 unspecified atom stereocenters. The van der Waals surface area contributed by atoms with E-state index < -0.39 is 0 Å². The summed E-state index contributed by atoms with van der Waals surface area (Å²) in [5.74, 6) is 0.667. The molecule has 2 rings (SSSR count). The largest absolute Gasteiger partial charge is 0.348 e. The minimum atomic E-state index is -0.188. The number of anilines is 2. The molecule has 0 amide bonds. The number of guanidine groups is 1. The summed E-state index contributed by atoms with van der Waals surface area (Å²) in [6.45, 7) is 0. The first-order valence-corrected chi connectivity index (χ1v) is 8.63. The lowest BCUT2D eigenvalue weighted by Crippen LogP contribution is -2.30. The van der Waals surface area contributed by atoms with Gasteiger partial charge in [-0.15, -0.1) is 0 Å². The van der Waals surface area contributed by atoms with Crippen molar-refractivity contribution in [2.45, 2.75) is 0 Å². The van der Waals surface area contributed by atoms with Gasteiger partial charge in [0.1, 0.15) is 23.8 Å². The number of benzene rings is 2. The summed E-state index contributed by atoms with van der Waals surface area (Å²) in [5, 5.41) is 34.0. The van der Waals surface area contributed by atoms with Gasteiger partial charge in [0.2, 0.25) is 5.96 Å². The molecule has 7 heteroatoms. The van der Waals surface area contributed by atoms with E-state index in [1.165, 1.54) is 6.08 Å². The van der Waals surface area contributed by atoms with Gasteiger partial charge in [-0.05, 0) is 30.3 Å². The molecule has 0 heterocycles. The van der Waals surface area contributed by atoms with E-state index >= 15 is 0 Å². The van der Waals surface area contributed by atoms with Crippen LogP contribution >= 0.6 is 0 Å². The normalized spacial score (nSPS) is 11.1. The lowest BCUT2D eigenvalue weighted by molar-refractivity contribution is 0.619. The van der Waals surface area contributed by atoms with Crippen molar-refractivity contribution in [1.29, 1.82) is 15.8 Å². The smallest absolute Gasteiger partial charge is 0.204 e. The lowest BCUT2D eigenvalue weighted by Gasteiger charge is -2.19. The van der Waals surface area contributed by atoms with E-state index in [1.807, 2.05) is 80.8 Å². The number of allylic oxidation sites excluding steroid dienone is 3. The second-order valence-electron chi connectivity index (χ2n) is 5.97. The van der Waals surface area contributed by atoms with Gasteiger partial charge in [0.05, 0.1) is 5.57 Å². The summed E-state index contributed by atoms with van der Waals surface area (Å²) in [5.41, 5.74) is 1.40. The molecule has 142 valence electrons. The van der Waals surface area contributed by atoms with Crippen molar-refractivity contribution in [2.24, 2.45) is 4.99 Å². The zero-order valence-corrected chi connectivity index (χ0v) is 16.1. The van der Waals surface area contributed by atoms with Crippen LogP contribution in [0.25, 0.3) is 0 Å². The summed E-state index contributed by atoms with van der Waals surface area (Å²) >= 11 is 0. The first kappa shape index (κ1) is 20.8. The maximum atomic E-state index is 9.64. The van der Waals surface area contributed by atoms with Crippen molar-refractivity contribution in [2.75, 3.05) is 24.7 Å². The molecule has 0 bridgehead atoms. The quantitative estimate of drug-likeness (QED) is 0.352. The van der Waals surface area contributed by atoms with Crippen molar-refractivity contribution in [1.82, 2.24) is 4.90 Å². The molecule has 29 heavy (non-hydrogen) atoms. The monoisotopic (exact) mass is 381 g/mol. The van der Waals surface area contributed by atoms with Crippen molar-refractivity contribution >= 4 is 17.3 Å². The Bertz CT molecular complexity index is 1030. The van der Waals surface area contributed by atoms with Crippen molar-refractivity contribution < 1.29 is 0 Å². The Hall–Kier alpha value is -4.54. The molecule has 2 aromatic rings. The van der Waals surface area contributed by atoms with Gasteiger partial charge in [0, 0.05) is 25.5 Å². The second kappa shape index (κ2) is 10.6. The molecule has 0 fully saturated rings. The Morgan fingerprint density at radius 1 is 0.828 bits per heavy atom. The van der Waals surface area contributed by atoms with Crippen LogP contribution in [0.5, 0.6) is 0 Å². The van der Waals surface area contributed by atoms with Gasteiger partial charge in [0.15, 0.2) is 5.82 Å². The highest BCUT2D eigenvalue weighted by Gasteiger charge is 2.10. The Labute approximate surface area is 170 Å². The number of nitrogens with one attached hydrogen (secondary N) is 2. The summed E-state index contributed by atoms with van der Waals surface area (Å²) in [7, 11) is 3.62. The van der Waals surface area contributed by atoms with E-state index in [0.29, 0.717) is 11.6 Å². The topological polar surface area (TPSA) is 111 Å². The van der Waals surface area contributed by atoms with E-state index in [4.69, 9.17) is 10.5 Å². The van der Waals surface area contributed by atoms with Gasteiger partial charge in [-0.2, -0.15) is 20.8 Å². The van der Waals surface area contributed by atoms with Crippen molar-refractivity contribution in [3.63, 3.8) is 0 Å². The molecule has 0 atom stereocenters. The number of para-hydroxylation sites is 2. The van der Waals surface area contributed by atoms with Crippen LogP contribution in [0.15, 0.2) is 88.7 Å². The summed E-state index contributed by atoms with van der Waals surface area (Å²) < 4.78 is 0. The van der Waals surface area contributed by atoms with Crippen LogP contribution < -0.4 is 10.6 Å². The summed E-state index contributed by atoms with van der Waals surface area (Å²) in [4.78, 5) is 6.33. The zero-order valence-electron chi connectivity index (χ0n) is 16.1. The highest BCUT2D eigenvalue weighted by molar-refractivity contribution is 5.94. The molecular formula is C22H19N7. The van der Waals surface area contributed by atoms with Gasteiger partial charge >= 0.3 is 0 Å². The first-order chi connectivity index (χ1) is 14.1. The molecule has 7 nitrogen and oxygen atoms in total. The van der Waals surface area contributed by atoms with Crippen LogP contribution in [0.3, 0.4) is 0 Å². The Morgan fingerprint density at radius 2 is 1.34 bits per heavy atom. The van der Waals surface area contributed by atoms with E-state index in [-0.39, 0.29) is 17.0 Å². The fourth-order valence-electron chi connectivity index (χ4n) is 2.20. The molecule has 2 aromatic carbocycles. The Kier molecular flexibility index (Phi) is 7.57. The fraction of sp³-hybridized carbons (Fsp3) is 0.0909. The van der Waals surface area contributed by atoms with Crippen LogP contribution in [0, 0.1) is 34.0 Å². The highest BCUT2D eigenvalue weighted by atomic mass is 15.3. The van der Waals surface area contributed by atoms with Crippen molar-refractivity contribution in [3.8, 4) is 18.2 Å². The van der Waals surface area contributed by atoms with Gasteiger partial charge < -0.3 is 15.5 Å². The Balaban J connectivity index is 2.58. The summed E-state index contributed by atoms with van der Waals surface area (Å²) in [6, 6.07) is 24.2. The third kappa shape index (κ3) is 6.29. The number of rotatable bonds is 5. The average Bonchev–Trinajstić information content (AvgIpc) is 2.75. The van der Waals surface area contributed by atoms with Crippen LogP contribution in [0.2, 0.25) is 0 Å². The molecule has 0 radical (unpaired) electrons. The highest BCUT2D eigenvalue weighted by Crippen LogP contribution is 2.16. The van der Waals surface area contributed by atoms with Gasteiger partial charge in [-0.3, -0.25) is 0 Å². The second-order valence-corrected chi connectivity index (χ2v) is 5.97. The third-order valence-electron chi connectivity index (χ3n) is 3.61. The van der Waals surface area contributed by atoms with E-state index in [9.17, 15) is 5.26 Å². The number of hydrogen-bond acceptors (Lipinski definition) is 5. The molecule has 0 aliphatic rings. The minimum absolute atomic E-state index is 0.0566. The average molecular weight is 381 g/mol. The Morgan fingerprint density at radius 3 is 1.79 bits per heavy atom. The van der Waals surface area contributed by atoms with Crippen LogP contribution in [-0.2, 0) is 0 Å². The standard InChI is InChI=1S/C22H19N7/c1-29(2)22(27-20-11-7-4-8-12-20)28-21(26-19-9-5-3-6-10-19)18(16-25)13-17(14-23)15-24/h3-13,26H,1-2H3,(H,27,28)/b21-18-. The van der Waals surface area contributed by atoms with E-state index in [0.717, 1.165) is 5.69 Å². The number of nitriles is 3. The predicted octanol–water partition coefficient (Wildman–Crippen LogP) is 3.84. The summed E-state index contributed by atoms with van der Waals surface area (Å²) in [6.07, 6.45) is 1.21. The fourth-order valence-corrected chi connectivity index (χ4v) is 2.20. The van der Waals surface area contributed by atoms with E-state index in [2.05, 4.69) is 15.6 Å². The van der Waals surface area contributed by atoms with Gasteiger partial charge in [0.25, 0.3) is 0 Å². The molecular weight excluding hydrogens is 362 g/mol. The first-order valence-electron chi connectivity index (χ1n) is 8.63. The predicted molar refractivity (Wildman–Crippen MR) is 113 cm³/mol. The third-order valence-corrected chi connectivity index (χ3v) is 3.61. The molecule has 0 aliphatic carbocycles. The molecule has 0 aromatic heterocycles. The number of nitrogens with zero attached hydrogens (tertiary/aromatic N) is 5. The van der Waals surface area contributed by atoms with Crippen LogP contribution in [0.4, 0.5) is 11.4 Å². The number of aliphatic imine (C=N–C) groups is 1. The zero-order chi connectivity index (χ0) is 21.1. The van der Waals surface area contributed by atoms with Crippen LogP contribution in [0.1, 0.15) is 0 Å². The maximum Gasteiger partial charge on any atom is 0.204 e. The lowest BCUT2D eigenvalue weighted by atomic mass is 10.2. The molecule has 0 saturated carbocycles. The van der Waals surface area contributed by atoms with Gasteiger partial charge in [-0.1, -0.05) is 36.4 Å². The molecule has 0 aliphatic heterocycles. The van der Waals surface area contributed by atoms with Crippen LogP contribution in [-0.4, -0.2) is 25.0 Å². The van der Waals surface area contributed by atoms with Gasteiger partial charge in [-0.25, -0.2) is 0 Å². The number of hydrogen-bond donors (Lipinski definition) is 2.